The first kappa shape index (κ1) is 24.1. The summed E-state index contributed by atoms with van der Waals surface area (Å²) < 4.78 is 45.6. The molecule has 0 saturated carbocycles. The number of aromatic carboxylic acids is 1. The first-order chi connectivity index (χ1) is 16.1. The quantitative estimate of drug-likeness (QED) is 0.489. The van der Waals surface area contributed by atoms with E-state index in [0.29, 0.717) is 30.8 Å². The number of nitrogens with two attached hydrogens (primary N) is 1. The highest BCUT2D eigenvalue weighted by atomic mass is 32.2. The molecule has 0 radical (unpaired) electrons. The predicted octanol–water partition coefficient (Wildman–Crippen LogP) is 5.14. The number of alkyl halides is 3. The number of allylic oxidation sites excluding steroid dienone is 1. The van der Waals surface area contributed by atoms with Crippen LogP contribution in [0.3, 0.4) is 0 Å². The minimum atomic E-state index is -4.47. The Balaban J connectivity index is 1.78. The van der Waals surface area contributed by atoms with Crippen LogP contribution in [0.2, 0.25) is 0 Å². The smallest absolute Gasteiger partial charge is 0.416 e. The third-order valence-corrected chi connectivity index (χ3v) is 9.17. The number of amides is 1. The van der Waals surface area contributed by atoms with Crippen LogP contribution in [0.4, 0.5) is 13.2 Å². The van der Waals surface area contributed by atoms with Gasteiger partial charge in [-0.2, -0.15) is 24.1 Å². The zero-order valence-electron chi connectivity index (χ0n) is 18.4. The SMILES string of the molecule is C[C@H](c1ccc(C(=O)O)cc1)[SH]1C2=C(CCOC2)C(C(N)=O)=C1Cc1cccc(C(F)(F)F)c1. The summed E-state index contributed by atoms with van der Waals surface area (Å²) in [6, 6.07) is 11.6. The standard InChI is InChI=1S/C25H24F3NO4S/c1-14(16-5-7-17(8-6-16)24(31)32)34-20(12-15-3-2-4-18(11-15)25(26,27)28)22(23(29)30)19-9-10-33-13-21(19)34/h2-8,11,14,34H,9-10,12-13H2,1H3,(H2,29,30)(H,31,32)/t14-/m1/s1. The first-order valence-corrected chi connectivity index (χ1v) is 12.1. The lowest BCUT2D eigenvalue weighted by molar-refractivity contribution is -0.137. The van der Waals surface area contributed by atoms with Gasteiger partial charge in [0.25, 0.3) is 0 Å². The average molecular weight is 492 g/mol. The number of carboxylic acid groups (broad SMARTS) is 1. The fraction of sp³-hybridized carbons (Fsp3) is 0.280. The van der Waals surface area contributed by atoms with Gasteiger partial charge in [0.05, 0.1) is 29.9 Å². The van der Waals surface area contributed by atoms with Crippen LogP contribution in [0.15, 0.2) is 69.5 Å². The van der Waals surface area contributed by atoms with Crippen molar-refractivity contribution in [1.82, 2.24) is 0 Å². The number of carbonyl (C=O) groups is 2. The van der Waals surface area contributed by atoms with Crippen LogP contribution in [0.5, 0.6) is 0 Å². The van der Waals surface area contributed by atoms with Gasteiger partial charge >= 0.3 is 12.1 Å². The van der Waals surface area contributed by atoms with Gasteiger partial charge in [0.1, 0.15) is 0 Å². The Bertz CT molecular complexity index is 1200. The van der Waals surface area contributed by atoms with Gasteiger partial charge in [-0.1, -0.05) is 37.3 Å². The molecule has 3 N–H and O–H groups in total. The fourth-order valence-corrected chi connectivity index (χ4v) is 7.87. The molecule has 0 fully saturated rings. The normalized spacial score (nSPS) is 20.3. The van der Waals surface area contributed by atoms with Crippen molar-refractivity contribution in [2.45, 2.75) is 31.2 Å². The molecule has 2 atom stereocenters. The molecule has 0 spiro atoms. The van der Waals surface area contributed by atoms with E-state index < -0.39 is 34.5 Å². The van der Waals surface area contributed by atoms with Crippen LogP contribution in [-0.2, 0) is 22.1 Å². The Morgan fingerprint density at radius 1 is 1.18 bits per heavy atom. The summed E-state index contributed by atoms with van der Waals surface area (Å²) >= 11 is 0. The number of hydrogen-bond donors (Lipinski definition) is 3. The molecule has 0 aliphatic carbocycles. The minimum Gasteiger partial charge on any atom is -0.478 e. The molecule has 2 aromatic rings. The maximum absolute atomic E-state index is 13.3. The van der Waals surface area contributed by atoms with Crippen molar-refractivity contribution in [3.05, 3.63) is 91.7 Å². The van der Waals surface area contributed by atoms with Gasteiger partial charge in [0, 0.05) is 11.7 Å². The van der Waals surface area contributed by atoms with E-state index in [9.17, 15) is 27.9 Å². The average Bonchev–Trinajstić information content (AvgIpc) is 3.12. The third-order valence-electron chi connectivity index (χ3n) is 6.16. The molecule has 180 valence electrons. The summed E-state index contributed by atoms with van der Waals surface area (Å²) in [5, 5.41) is 9.08. The van der Waals surface area contributed by atoms with Crippen molar-refractivity contribution < 1.29 is 32.6 Å². The number of hydrogen-bond acceptors (Lipinski definition) is 3. The number of carboxylic acids is 1. The van der Waals surface area contributed by atoms with Crippen molar-refractivity contribution in [2.75, 3.05) is 13.2 Å². The number of halogens is 3. The lowest BCUT2D eigenvalue weighted by Crippen LogP contribution is -2.18. The molecular formula is C25H24F3NO4S. The Morgan fingerprint density at radius 2 is 1.88 bits per heavy atom. The molecular weight excluding hydrogens is 467 g/mol. The second-order valence-corrected chi connectivity index (χ2v) is 10.9. The zero-order chi connectivity index (χ0) is 24.6. The topological polar surface area (TPSA) is 89.6 Å². The van der Waals surface area contributed by atoms with Crippen LogP contribution in [0, 0.1) is 0 Å². The van der Waals surface area contributed by atoms with Gasteiger partial charge < -0.3 is 15.6 Å². The number of thiol groups is 1. The van der Waals surface area contributed by atoms with E-state index >= 15 is 0 Å². The summed E-state index contributed by atoms with van der Waals surface area (Å²) in [7, 11) is -1.16. The molecule has 2 aliphatic rings. The van der Waals surface area contributed by atoms with E-state index in [1.807, 2.05) is 6.92 Å². The largest absolute Gasteiger partial charge is 0.478 e. The summed E-state index contributed by atoms with van der Waals surface area (Å²) in [6.07, 6.45) is -3.79. The summed E-state index contributed by atoms with van der Waals surface area (Å²) in [5.41, 5.74) is 7.80. The Labute approximate surface area is 197 Å². The van der Waals surface area contributed by atoms with Crippen LogP contribution < -0.4 is 5.73 Å². The van der Waals surface area contributed by atoms with Crippen LogP contribution in [0.1, 0.15) is 45.6 Å². The Hall–Kier alpha value is -3.04. The van der Waals surface area contributed by atoms with E-state index in [1.54, 1.807) is 18.2 Å². The van der Waals surface area contributed by atoms with Gasteiger partial charge in [-0.25, -0.2) is 4.79 Å². The zero-order valence-corrected chi connectivity index (χ0v) is 19.2. The maximum atomic E-state index is 13.3. The Kier molecular flexibility index (Phi) is 6.60. The maximum Gasteiger partial charge on any atom is 0.416 e. The first-order valence-electron chi connectivity index (χ1n) is 10.7. The van der Waals surface area contributed by atoms with E-state index in [4.69, 9.17) is 10.5 Å². The van der Waals surface area contributed by atoms with Crippen LogP contribution in [-0.4, -0.2) is 30.2 Å². The molecule has 2 aromatic carbocycles. The van der Waals surface area contributed by atoms with E-state index in [1.165, 1.54) is 18.2 Å². The van der Waals surface area contributed by atoms with Gasteiger partial charge in [0.15, 0.2) is 0 Å². The fourth-order valence-electron chi connectivity index (χ4n) is 4.55. The highest BCUT2D eigenvalue weighted by molar-refractivity contribution is 8.24. The molecule has 5 nitrogen and oxygen atoms in total. The van der Waals surface area contributed by atoms with Crippen molar-refractivity contribution >= 4 is 22.8 Å². The molecule has 2 aliphatic heterocycles. The summed E-state index contributed by atoms with van der Waals surface area (Å²) in [5.74, 6) is -1.62. The van der Waals surface area contributed by atoms with E-state index in [2.05, 4.69) is 0 Å². The van der Waals surface area contributed by atoms with Gasteiger partial charge in [0.2, 0.25) is 5.91 Å². The van der Waals surface area contributed by atoms with Crippen molar-refractivity contribution in [1.29, 1.82) is 0 Å². The molecule has 0 saturated heterocycles. The van der Waals surface area contributed by atoms with Gasteiger partial charge in [-0.05, 0) is 51.1 Å². The lowest BCUT2D eigenvalue weighted by atomic mass is 9.98. The molecule has 4 rings (SSSR count). The molecule has 2 heterocycles. The number of ether oxygens (including phenoxy) is 1. The Morgan fingerprint density at radius 3 is 2.50 bits per heavy atom. The second-order valence-electron chi connectivity index (χ2n) is 8.26. The molecule has 34 heavy (non-hydrogen) atoms. The predicted molar refractivity (Wildman–Crippen MR) is 125 cm³/mol. The van der Waals surface area contributed by atoms with E-state index in [0.717, 1.165) is 33.1 Å². The number of carbonyl (C=O) groups excluding carboxylic acids is 1. The van der Waals surface area contributed by atoms with Crippen molar-refractivity contribution in [3.8, 4) is 0 Å². The minimum absolute atomic E-state index is 0.123. The second kappa shape index (κ2) is 9.31. The van der Waals surface area contributed by atoms with Crippen LogP contribution >= 0.6 is 10.9 Å². The molecule has 1 unspecified atom stereocenters. The van der Waals surface area contributed by atoms with E-state index in [-0.39, 0.29) is 17.2 Å². The molecule has 9 heteroatoms. The highest BCUT2D eigenvalue weighted by Crippen LogP contribution is 2.63. The molecule has 0 aromatic heterocycles. The number of benzene rings is 2. The van der Waals surface area contributed by atoms with Crippen molar-refractivity contribution in [3.63, 3.8) is 0 Å². The summed E-state index contributed by atoms with van der Waals surface area (Å²) in [6.45, 7) is 2.76. The lowest BCUT2D eigenvalue weighted by Gasteiger charge is -2.32. The summed E-state index contributed by atoms with van der Waals surface area (Å²) in [4.78, 5) is 25.5. The molecule has 1 amide bonds. The monoisotopic (exact) mass is 491 g/mol. The third kappa shape index (κ3) is 4.63. The van der Waals surface area contributed by atoms with Crippen LogP contribution in [0.25, 0.3) is 0 Å². The van der Waals surface area contributed by atoms with Crippen molar-refractivity contribution in [2.24, 2.45) is 5.73 Å². The molecule has 0 bridgehead atoms. The van der Waals surface area contributed by atoms with Gasteiger partial charge in [-0.15, -0.1) is 0 Å². The number of primary amides is 1. The van der Waals surface area contributed by atoms with Gasteiger partial charge in [-0.3, -0.25) is 4.79 Å². The highest BCUT2D eigenvalue weighted by Gasteiger charge is 2.38. The number of rotatable bonds is 6.